The van der Waals surface area contributed by atoms with Gasteiger partial charge in [-0.1, -0.05) is 19.9 Å². The predicted octanol–water partition coefficient (Wildman–Crippen LogP) is 2.73. The molecule has 0 aliphatic rings. The molecule has 0 atom stereocenters. The molecule has 0 aliphatic carbocycles. The van der Waals surface area contributed by atoms with Gasteiger partial charge in [-0.05, 0) is 18.1 Å². The Hall–Kier alpha value is -1.38. The average Bonchev–Trinajstić information content (AvgIpc) is 2.16. The Morgan fingerprint density at radius 3 is 2.67 bits per heavy atom. The van der Waals surface area contributed by atoms with E-state index in [1.165, 1.54) is 6.07 Å². The highest BCUT2D eigenvalue weighted by Crippen LogP contribution is 2.21. The van der Waals surface area contributed by atoms with Crippen LogP contribution in [0.1, 0.15) is 24.2 Å². The zero-order valence-corrected chi connectivity index (χ0v) is 9.33. The Balaban J connectivity index is 3.02. The number of hydrogen-bond donors (Lipinski definition) is 0. The van der Waals surface area contributed by atoms with Crippen LogP contribution >= 0.6 is 0 Å². The lowest BCUT2D eigenvalue weighted by molar-refractivity contribution is 0.112. The number of carbonyl (C=O) groups is 1. The fraction of sp³-hybridized carbons (Fsp3) is 0.417. The molecular weight excluding hydrogens is 193 g/mol. The zero-order chi connectivity index (χ0) is 11.4. The Morgan fingerprint density at radius 1 is 1.47 bits per heavy atom. The minimum absolute atomic E-state index is 0.139. The van der Waals surface area contributed by atoms with Gasteiger partial charge in [0.25, 0.3) is 0 Å². The third kappa shape index (κ3) is 2.78. The maximum absolute atomic E-state index is 13.3. The van der Waals surface area contributed by atoms with E-state index in [-0.39, 0.29) is 5.56 Å². The van der Waals surface area contributed by atoms with Gasteiger partial charge in [0.1, 0.15) is 5.82 Å². The van der Waals surface area contributed by atoms with Crippen molar-refractivity contribution in [1.82, 2.24) is 0 Å². The molecule has 0 amide bonds. The van der Waals surface area contributed by atoms with E-state index in [0.717, 1.165) is 6.54 Å². The van der Waals surface area contributed by atoms with Gasteiger partial charge in [-0.15, -0.1) is 0 Å². The topological polar surface area (TPSA) is 20.3 Å². The molecule has 0 spiro atoms. The van der Waals surface area contributed by atoms with Gasteiger partial charge in [0.2, 0.25) is 0 Å². The highest BCUT2D eigenvalue weighted by Gasteiger charge is 2.11. The first-order chi connectivity index (χ1) is 7.06. The maximum Gasteiger partial charge on any atom is 0.155 e. The number of rotatable bonds is 4. The molecule has 82 valence electrons. The molecule has 0 radical (unpaired) electrons. The number of carbonyl (C=O) groups excluding carboxylic acids is 1. The van der Waals surface area contributed by atoms with Gasteiger partial charge in [-0.2, -0.15) is 0 Å². The van der Waals surface area contributed by atoms with Crippen molar-refractivity contribution in [3.05, 3.63) is 29.6 Å². The van der Waals surface area contributed by atoms with Gasteiger partial charge in [-0.3, -0.25) is 4.79 Å². The third-order valence-electron chi connectivity index (χ3n) is 2.20. The van der Waals surface area contributed by atoms with Crippen LogP contribution in [0.4, 0.5) is 10.1 Å². The molecule has 0 saturated carbocycles. The normalized spacial score (nSPS) is 10.5. The van der Waals surface area contributed by atoms with Crippen LogP contribution in [0.2, 0.25) is 0 Å². The molecule has 0 saturated heterocycles. The molecule has 1 aromatic rings. The Morgan fingerprint density at radius 2 is 2.13 bits per heavy atom. The second-order valence-electron chi connectivity index (χ2n) is 4.06. The summed E-state index contributed by atoms with van der Waals surface area (Å²) in [6.45, 7) is 4.96. The highest BCUT2D eigenvalue weighted by molar-refractivity contribution is 5.84. The number of benzene rings is 1. The summed E-state index contributed by atoms with van der Waals surface area (Å²) in [7, 11) is 1.86. The van der Waals surface area contributed by atoms with Gasteiger partial charge in [-0.25, -0.2) is 4.39 Å². The fourth-order valence-corrected chi connectivity index (χ4v) is 1.62. The lowest BCUT2D eigenvalue weighted by Gasteiger charge is -2.22. The molecule has 3 heteroatoms. The minimum atomic E-state index is -0.460. The second kappa shape index (κ2) is 4.91. The van der Waals surface area contributed by atoms with E-state index in [1.807, 2.05) is 11.9 Å². The molecule has 0 unspecified atom stereocenters. The Kier molecular flexibility index (Phi) is 3.83. The summed E-state index contributed by atoms with van der Waals surface area (Å²) in [6.07, 6.45) is 0.571. The average molecular weight is 209 g/mol. The van der Waals surface area contributed by atoms with Gasteiger partial charge in [0.15, 0.2) is 6.29 Å². The first-order valence-corrected chi connectivity index (χ1v) is 5.01. The number of aldehydes is 1. The summed E-state index contributed by atoms with van der Waals surface area (Å²) in [4.78, 5) is 12.7. The molecule has 1 rings (SSSR count). The van der Waals surface area contributed by atoms with Crippen molar-refractivity contribution in [2.24, 2.45) is 5.92 Å². The summed E-state index contributed by atoms with van der Waals surface area (Å²) in [5.41, 5.74) is 0.791. The van der Waals surface area contributed by atoms with E-state index in [1.54, 1.807) is 12.1 Å². The van der Waals surface area contributed by atoms with Crippen LogP contribution in [0.3, 0.4) is 0 Å². The van der Waals surface area contributed by atoms with Crippen molar-refractivity contribution < 1.29 is 9.18 Å². The van der Waals surface area contributed by atoms with Crippen molar-refractivity contribution in [2.75, 3.05) is 18.5 Å². The smallest absolute Gasteiger partial charge is 0.155 e. The monoisotopic (exact) mass is 209 g/mol. The van der Waals surface area contributed by atoms with Gasteiger partial charge in [0.05, 0.1) is 5.56 Å². The number of nitrogens with zero attached hydrogens (tertiary/aromatic N) is 1. The quantitative estimate of drug-likeness (QED) is 0.711. The molecule has 0 bridgehead atoms. The van der Waals surface area contributed by atoms with E-state index in [0.29, 0.717) is 17.9 Å². The standard InChI is InChI=1S/C12H16FNO/c1-9(2)7-14(3)12-6-4-5-11(13)10(12)8-15/h4-6,8-9H,7H2,1-3H3. The molecule has 1 aromatic carbocycles. The van der Waals surface area contributed by atoms with Crippen molar-refractivity contribution in [3.63, 3.8) is 0 Å². The predicted molar refractivity (Wildman–Crippen MR) is 59.9 cm³/mol. The summed E-state index contributed by atoms with van der Waals surface area (Å²) >= 11 is 0. The van der Waals surface area contributed by atoms with Crippen LogP contribution in [0.5, 0.6) is 0 Å². The van der Waals surface area contributed by atoms with Gasteiger partial charge < -0.3 is 4.90 Å². The van der Waals surface area contributed by atoms with Crippen LogP contribution < -0.4 is 4.90 Å². The number of halogens is 1. The van der Waals surface area contributed by atoms with E-state index in [9.17, 15) is 9.18 Å². The van der Waals surface area contributed by atoms with Crippen LogP contribution in [-0.2, 0) is 0 Å². The second-order valence-corrected chi connectivity index (χ2v) is 4.06. The van der Waals surface area contributed by atoms with Crippen molar-refractivity contribution in [3.8, 4) is 0 Å². The van der Waals surface area contributed by atoms with E-state index in [4.69, 9.17) is 0 Å². The summed E-state index contributed by atoms with van der Waals surface area (Å²) in [5.74, 6) is 0.0101. The van der Waals surface area contributed by atoms with Crippen molar-refractivity contribution >= 4 is 12.0 Å². The molecule has 0 fully saturated rings. The zero-order valence-electron chi connectivity index (χ0n) is 9.33. The number of hydrogen-bond acceptors (Lipinski definition) is 2. The lowest BCUT2D eigenvalue weighted by atomic mass is 10.1. The summed E-state index contributed by atoms with van der Waals surface area (Å²) in [5, 5.41) is 0. The first-order valence-electron chi connectivity index (χ1n) is 5.01. The molecule has 0 heterocycles. The molecule has 2 nitrogen and oxygen atoms in total. The Labute approximate surface area is 89.7 Å². The van der Waals surface area contributed by atoms with Gasteiger partial charge >= 0.3 is 0 Å². The van der Waals surface area contributed by atoms with E-state index < -0.39 is 5.82 Å². The highest BCUT2D eigenvalue weighted by atomic mass is 19.1. The maximum atomic E-state index is 13.3. The summed E-state index contributed by atoms with van der Waals surface area (Å²) < 4.78 is 13.3. The molecule has 15 heavy (non-hydrogen) atoms. The lowest BCUT2D eigenvalue weighted by Crippen LogP contribution is -2.23. The SMILES string of the molecule is CC(C)CN(C)c1cccc(F)c1C=O. The molecular formula is C12H16FNO. The minimum Gasteiger partial charge on any atom is -0.374 e. The van der Waals surface area contributed by atoms with E-state index >= 15 is 0 Å². The molecule has 0 aliphatic heterocycles. The first kappa shape index (κ1) is 11.7. The largest absolute Gasteiger partial charge is 0.374 e. The van der Waals surface area contributed by atoms with Crippen LogP contribution in [0.25, 0.3) is 0 Å². The van der Waals surface area contributed by atoms with Gasteiger partial charge in [0, 0.05) is 19.3 Å². The van der Waals surface area contributed by atoms with Crippen LogP contribution in [0, 0.1) is 11.7 Å². The van der Waals surface area contributed by atoms with Crippen molar-refractivity contribution in [2.45, 2.75) is 13.8 Å². The molecule has 0 N–H and O–H groups in total. The fourth-order valence-electron chi connectivity index (χ4n) is 1.62. The van der Waals surface area contributed by atoms with Crippen molar-refractivity contribution in [1.29, 1.82) is 0 Å². The number of anilines is 1. The Bertz CT molecular complexity index is 349. The van der Waals surface area contributed by atoms with E-state index in [2.05, 4.69) is 13.8 Å². The summed E-state index contributed by atoms with van der Waals surface area (Å²) in [6, 6.07) is 4.68. The third-order valence-corrected chi connectivity index (χ3v) is 2.20. The van der Waals surface area contributed by atoms with Crippen LogP contribution in [0.15, 0.2) is 18.2 Å². The molecule has 0 aromatic heterocycles. The van der Waals surface area contributed by atoms with Crippen LogP contribution in [-0.4, -0.2) is 19.9 Å².